The summed E-state index contributed by atoms with van der Waals surface area (Å²) >= 11 is 0. The third kappa shape index (κ3) is 15.3. The Balaban J connectivity index is 2.92. The first-order valence-corrected chi connectivity index (χ1v) is 7.85. The Morgan fingerprint density at radius 2 is 1.17 bits per heavy atom. The second kappa shape index (κ2) is 14.3. The molecule has 108 valence electrons. The monoisotopic (exact) mass is 255 g/mol. The summed E-state index contributed by atoms with van der Waals surface area (Å²) in [5.41, 5.74) is 5.20. The Morgan fingerprint density at radius 3 is 1.56 bits per heavy atom. The Hall–Kier alpha value is -0.730. The molecule has 0 aliphatic heterocycles. The lowest BCUT2D eigenvalue weighted by Gasteiger charge is -2.04. The Labute approximate surface area is 113 Å². The number of nitrogens with two attached hydrogens (primary N) is 1. The quantitative estimate of drug-likeness (QED) is 0.263. The molecule has 0 amide bonds. The van der Waals surface area contributed by atoms with Crippen LogP contribution in [-0.4, -0.2) is 12.5 Å². The summed E-state index contributed by atoms with van der Waals surface area (Å²) in [6.07, 6.45) is 16.4. The van der Waals surface area contributed by atoms with Gasteiger partial charge in [-0.15, -0.1) is 0 Å². The number of hydrogen-bond acceptors (Lipinski definition) is 1. The largest absolute Gasteiger partial charge is 0.370 e. The number of rotatable bonds is 13. The average molecular weight is 255 g/mol. The molecule has 0 rings (SSSR count). The number of unbranched alkanes of at least 4 members (excludes halogenated alkanes) is 11. The van der Waals surface area contributed by atoms with E-state index in [2.05, 4.69) is 12.2 Å². The molecule has 0 heterocycles. The average Bonchev–Trinajstić information content (AvgIpc) is 2.34. The highest BCUT2D eigenvalue weighted by molar-refractivity contribution is 5.74. The summed E-state index contributed by atoms with van der Waals surface area (Å²) in [6, 6.07) is 0. The summed E-state index contributed by atoms with van der Waals surface area (Å²) in [5.74, 6) is 0.0954. The van der Waals surface area contributed by atoms with Crippen LogP contribution in [-0.2, 0) is 0 Å². The van der Waals surface area contributed by atoms with Crippen molar-refractivity contribution in [2.24, 2.45) is 5.73 Å². The van der Waals surface area contributed by atoms with E-state index < -0.39 is 0 Å². The van der Waals surface area contributed by atoms with Crippen LogP contribution in [0.2, 0.25) is 0 Å². The molecular formula is C15H33N3. The van der Waals surface area contributed by atoms with Gasteiger partial charge in [0.2, 0.25) is 0 Å². The van der Waals surface area contributed by atoms with Gasteiger partial charge in [-0.1, -0.05) is 77.6 Å². The van der Waals surface area contributed by atoms with Gasteiger partial charge in [0.15, 0.2) is 5.96 Å². The molecule has 0 saturated heterocycles. The van der Waals surface area contributed by atoms with Crippen LogP contribution in [0.15, 0.2) is 0 Å². The van der Waals surface area contributed by atoms with Crippen molar-refractivity contribution in [2.75, 3.05) is 6.54 Å². The fraction of sp³-hybridized carbons (Fsp3) is 0.933. The Morgan fingerprint density at radius 1 is 0.778 bits per heavy atom. The summed E-state index contributed by atoms with van der Waals surface area (Å²) in [7, 11) is 0. The van der Waals surface area contributed by atoms with E-state index in [0.29, 0.717) is 0 Å². The molecule has 3 heteroatoms. The van der Waals surface area contributed by atoms with Gasteiger partial charge in [-0.2, -0.15) is 0 Å². The SMILES string of the molecule is CCCCCCCCCCCCCCNC(=N)N. The fourth-order valence-corrected chi connectivity index (χ4v) is 2.19. The first kappa shape index (κ1) is 17.3. The van der Waals surface area contributed by atoms with E-state index in [9.17, 15) is 0 Å². The van der Waals surface area contributed by atoms with Crippen LogP contribution in [0, 0.1) is 5.41 Å². The standard InChI is InChI=1S/C15H33N3/c1-2-3-4-5-6-7-8-9-10-11-12-13-14-18-15(16)17/h2-14H2,1H3,(H4,16,17,18). The van der Waals surface area contributed by atoms with Crippen LogP contribution >= 0.6 is 0 Å². The predicted octanol–water partition coefficient (Wildman–Crippen LogP) is 4.17. The zero-order chi connectivity index (χ0) is 13.5. The molecule has 3 nitrogen and oxygen atoms in total. The third-order valence-corrected chi connectivity index (χ3v) is 3.35. The van der Waals surface area contributed by atoms with Crippen molar-refractivity contribution in [3.05, 3.63) is 0 Å². The molecule has 0 unspecified atom stereocenters. The van der Waals surface area contributed by atoms with Crippen molar-refractivity contribution in [3.63, 3.8) is 0 Å². The van der Waals surface area contributed by atoms with Gasteiger partial charge < -0.3 is 11.1 Å². The van der Waals surface area contributed by atoms with Crippen LogP contribution in [0.1, 0.15) is 84.0 Å². The van der Waals surface area contributed by atoms with E-state index >= 15 is 0 Å². The van der Waals surface area contributed by atoms with Crippen LogP contribution in [0.25, 0.3) is 0 Å². The summed E-state index contributed by atoms with van der Waals surface area (Å²) in [4.78, 5) is 0. The maximum atomic E-state index is 7.01. The van der Waals surface area contributed by atoms with E-state index in [1.54, 1.807) is 0 Å². The van der Waals surface area contributed by atoms with E-state index in [4.69, 9.17) is 11.1 Å². The minimum Gasteiger partial charge on any atom is -0.370 e. The van der Waals surface area contributed by atoms with Crippen LogP contribution in [0.4, 0.5) is 0 Å². The van der Waals surface area contributed by atoms with E-state index in [0.717, 1.165) is 13.0 Å². The lowest BCUT2D eigenvalue weighted by atomic mass is 10.1. The molecule has 0 radical (unpaired) electrons. The molecule has 0 spiro atoms. The molecular weight excluding hydrogens is 222 g/mol. The molecule has 0 aliphatic rings. The second-order valence-electron chi connectivity index (χ2n) is 5.23. The Kier molecular flexibility index (Phi) is 13.8. The van der Waals surface area contributed by atoms with Gasteiger partial charge >= 0.3 is 0 Å². The molecule has 0 atom stereocenters. The normalized spacial score (nSPS) is 10.5. The van der Waals surface area contributed by atoms with Crippen molar-refractivity contribution in [3.8, 4) is 0 Å². The minimum absolute atomic E-state index is 0.0954. The molecule has 0 aromatic carbocycles. The van der Waals surface area contributed by atoms with Gasteiger partial charge in [0.05, 0.1) is 0 Å². The van der Waals surface area contributed by atoms with Crippen molar-refractivity contribution in [1.82, 2.24) is 5.32 Å². The molecule has 4 N–H and O–H groups in total. The van der Waals surface area contributed by atoms with Gasteiger partial charge in [0.25, 0.3) is 0 Å². The van der Waals surface area contributed by atoms with Gasteiger partial charge in [-0.25, -0.2) is 0 Å². The summed E-state index contributed by atoms with van der Waals surface area (Å²) < 4.78 is 0. The highest BCUT2D eigenvalue weighted by Crippen LogP contribution is 2.11. The molecule has 0 saturated carbocycles. The molecule has 0 aromatic rings. The van der Waals surface area contributed by atoms with E-state index in [1.165, 1.54) is 70.6 Å². The fourth-order valence-electron chi connectivity index (χ4n) is 2.19. The zero-order valence-corrected chi connectivity index (χ0v) is 12.3. The summed E-state index contributed by atoms with van der Waals surface area (Å²) in [6.45, 7) is 3.12. The molecule has 0 bridgehead atoms. The van der Waals surface area contributed by atoms with Gasteiger partial charge in [-0.05, 0) is 6.42 Å². The Bertz CT molecular complexity index is 181. The zero-order valence-electron chi connectivity index (χ0n) is 12.3. The molecule has 0 fully saturated rings. The molecule has 0 aliphatic carbocycles. The van der Waals surface area contributed by atoms with Crippen LogP contribution < -0.4 is 11.1 Å². The van der Waals surface area contributed by atoms with Gasteiger partial charge in [0.1, 0.15) is 0 Å². The number of guanidine groups is 1. The third-order valence-electron chi connectivity index (χ3n) is 3.35. The van der Waals surface area contributed by atoms with Crippen LogP contribution in [0.5, 0.6) is 0 Å². The smallest absolute Gasteiger partial charge is 0.185 e. The van der Waals surface area contributed by atoms with Crippen molar-refractivity contribution in [1.29, 1.82) is 5.41 Å². The number of hydrogen-bond donors (Lipinski definition) is 3. The minimum atomic E-state index is 0.0954. The van der Waals surface area contributed by atoms with E-state index in [-0.39, 0.29) is 5.96 Å². The summed E-state index contributed by atoms with van der Waals surface area (Å²) in [5, 5.41) is 9.86. The predicted molar refractivity (Wildman–Crippen MR) is 81.0 cm³/mol. The lowest BCUT2D eigenvalue weighted by molar-refractivity contribution is 0.543. The highest BCUT2D eigenvalue weighted by Gasteiger charge is 1.93. The second-order valence-corrected chi connectivity index (χ2v) is 5.23. The van der Waals surface area contributed by atoms with Gasteiger partial charge in [-0.3, -0.25) is 5.41 Å². The maximum absolute atomic E-state index is 7.01. The topological polar surface area (TPSA) is 61.9 Å². The van der Waals surface area contributed by atoms with Gasteiger partial charge in [0, 0.05) is 6.54 Å². The lowest BCUT2D eigenvalue weighted by Crippen LogP contribution is -2.30. The van der Waals surface area contributed by atoms with Crippen LogP contribution in [0.3, 0.4) is 0 Å². The highest BCUT2D eigenvalue weighted by atomic mass is 15.0. The molecule has 18 heavy (non-hydrogen) atoms. The van der Waals surface area contributed by atoms with Crippen molar-refractivity contribution >= 4 is 5.96 Å². The van der Waals surface area contributed by atoms with E-state index in [1.807, 2.05) is 0 Å². The molecule has 0 aromatic heterocycles. The first-order chi connectivity index (χ1) is 8.77. The van der Waals surface area contributed by atoms with Crippen molar-refractivity contribution in [2.45, 2.75) is 84.0 Å². The number of nitrogens with one attached hydrogen (secondary N) is 2. The maximum Gasteiger partial charge on any atom is 0.185 e. The van der Waals surface area contributed by atoms with Crippen molar-refractivity contribution < 1.29 is 0 Å². The first-order valence-electron chi connectivity index (χ1n) is 7.85.